The summed E-state index contributed by atoms with van der Waals surface area (Å²) < 4.78 is 11.5. The van der Waals surface area contributed by atoms with Gasteiger partial charge in [0, 0.05) is 28.7 Å². The van der Waals surface area contributed by atoms with E-state index >= 15 is 0 Å². The molecule has 0 bridgehead atoms. The number of anilines is 3. The van der Waals surface area contributed by atoms with Crippen molar-refractivity contribution in [2.45, 2.75) is 39.7 Å². The molecule has 4 rings (SSSR count). The van der Waals surface area contributed by atoms with Crippen LogP contribution in [0.1, 0.15) is 43.6 Å². The highest BCUT2D eigenvalue weighted by atomic mass is 16.6. The molecule has 0 radical (unpaired) electrons. The van der Waals surface area contributed by atoms with Crippen LogP contribution in [0.4, 0.5) is 22.1 Å². The number of amides is 1. The highest BCUT2D eigenvalue weighted by Gasteiger charge is 2.18. The molecule has 3 N–H and O–H groups in total. The molecule has 0 spiro atoms. The first-order valence-electron chi connectivity index (χ1n) is 11.8. The van der Waals surface area contributed by atoms with Crippen molar-refractivity contribution in [1.29, 1.82) is 0 Å². The first-order chi connectivity index (χ1) is 17.6. The largest absolute Gasteiger partial charge is 0.478 e. The Bertz CT molecular complexity index is 1460. The van der Waals surface area contributed by atoms with E-state index in [1.54, 1.807) is 51.2 Å². The van der Waals surface area contributed by atoms with Gasteiger partial charge in [0.15, 0.2) is 0 Å². The van der Waals surface area contributed by atoms with E-state index < -0.39 is 17.7 Å². The number of hydrogen-bond acceptors (Lipinski definition) is 7. The zero-order valence-electron chi connectivity index (χ0n) is 21.0. The van der Waals surface area contributed by atoms with Crippen molar-refractivity contribution in [2.24, 2.45) is 0 Å². The van der Waals surface area contributed by atoms with Crippen molar-refractivity contribution in [1.82, 2.24) is 9.97 Å². The van der Waals surface area contributed by atoms with E-state index in [-0.39, 0.29) is 11.5 Å². The van der Waals surface area contributed by atoms with Crippen LogP contribution in [-0.4, -0.2) is 32.7 Å². The van der Waals surface area contributed by atoms with Gasteiger partial charge >= 0.3 is 12.1 Å². The lowest BCUT2D eigenvalue weighted by Crippen LogP contribution is -2.27. The number of carboxylic acid groups (broad SMARTS) is 1. The molecule has 4 aromatic rings. The molecule has 0 saturated heterocycles. The van der Waals surface area contributed by atoms with Crippen LogP contribution in [0.5, 0.6) is 11.6 Å². The Balaban J connectivity index is 1.58. The van der Waals surface area contributed by atoms with Gasteiger partial charge in [0.2, 0.25) is 11.8 Å². The predicted octanol–water partition coefficient (Wildman–Crippen LogP) is 6.77. The number of carboxylic acids is 1. The number of nitrogens with zero attached hydrogens (tertiary/aromatic N) is 2. The molecule has 0 atom stereocenters. The summed E-state index contributed by atoms with van der Waals surface area (Å²) in [5, 5.41) is 16.8. The molecule has 9 nitrogen and oxygen atoms in total. The highest BCUT2D eigenvalue weighted by molar-refractivity contribution is 6.02. The number of carbonyl (C=O) groups excluding carboxylic acids is 1. The number of benzene rings is 3. The monoisotopic (exact) mass is 500 g/mol. The molecule has 37 heavy (non-hydrogen) atoms. The van der Waals surface area contributed by atoms with Crippen LogP contribution < -0.4 is 15.4 Å². The maximum Gasteiger partial charge on any atom is 0.412 e. The average molecular weight is 501 g/mol. The lowest BCUT2D eigenvalue weighted by molar-refractivity contribution is 0.0634. The van der Waals surface area contributed by atoms with Gasteiger partial charge < -0.3 is 19.9 Å². The molecular weight excluding hydrogens is 472 g/mol. The number of aromatic nitrogens is 2. The number of nitrogens with one attached hydrogen (secondary N) is 2. The smallest absolute Gasteiger partial charge is 0.412 e. The van der Waals surface area contributed by atoms with Crippen molar-refractivity contribution < 1.29 is 24.2 Å². The summed E-state index contributed by atoms with van der Waals surface area (Å²) in [7, 11) is 0. The topological polar surface area (TPSA) is 123 Å². The van der Waals surface area contributed by atoms with Crippen molar-refractivity contribution in [2.75, 3.05) is 10.6 Å². The number of aromatic carboxylic acids is 1. The minimum Gasteiger partial charge on any atom is -0.478 e. The summed E-state index contributed by atoms with van der Waals surface area (Å²) in [5.74, 6) is 0.0826. The second kappa shape index (κ2) is 10.5. The Morgan fingerprint density at radius 1 is 1.00 bits per heavy atom. The minimum atomic E-state index is -1.01. The average Bonchev–Trinajstić information content (AvgIpc) is 2.84. The summed E-state index contributed by atoms with van der Waals surface area (Å²) in [6, 6.07) is 17.6. The van der Waals surface area contributed by atoms with Crippen LogP contribution in [0.3, 0.4) is 0 Å². The standard InChI is InChI=1S/C28H28N4O5/c1-5-17-14-18(25(33)34)16-19(15-17)30-26-29-13-12-24(32-26)36-23-11-10-22(20-8-6-7-9-21(20)23)31-27(35)37-28(2,3)4/h6-16H,5H2,1-4H3,(H,31,35)(H,33,34)(H,29,30,32). The van der Waals surface area contributed by atoms with Crippen LogP contribution >= 0.6 is 0 Å². The zero-order valence-corrected chi connectivity index (χ0v) is 21.0. The minimum absolute atomic E-state index is 0.181. The highest BCUT2D eigenvalue weighted by Crippen LogP contribution is 2.34. The van der Waals surface area contributed by atoms with E-state index in [4.69, 9.17) is 9.47 Å². The second-order valence-electron chi connectivity index (χ2n) is 9.31. The normalized spacial score (nSPS) is 11.1. The number of fused-ring (bicyclic) bond motifs is 1. The van der Waals surface area contributed by atoms with Crippen LogP contribution in [0, 0.1) is 0 Å². The maximum absolute atomic E-state index is 12.3. The molecule has 0 fully saturated rings. The van der Waals surface area contributed by atoms with Gasteiger partial charge in [-0.3, -0.25) is 5.32 Å². The van der Waals surface area contributed by atoms with Gasteiger partial charge in [-0.1, -0.05) is 31.2 Å². The van der Waals surface area contributed by atoms with Crippen LogP contribution in [0.25, 0.3) is 10.8 Å². The number of aryl methyl sites for hydroxylation is 1. The summed E-state index contributed by atoms with van der Waals surface area (Å²) in [6.45, 7) is 7.36. The summed E-state index contributed by atoms with van der Waals surface area (Å²) >= 11 is 0. The van der Waals surface area contributed by atoms with E-state index in [0.29, 0.717) is 29.4 Å². The van der Waals surface area contributed by atoms with Gasteiger partial charge in [0.1, 0.15) is 11.4 Å². The third kappa shape index (κ3) is 6.52. The predicted molar refractivity (Wildman–Crippen MR) is 142 cm³/mol. The first-order valence-corrected chi connectivity index (χ1v) is 11.8. The molecular formula is C28H28N4O5. The number of ether oxygens (including phenoxy) is 2. The molecule has 0 saturated carbocycles. The van der Waals surface area contributed by atoms with Gasteiger partial charge in [-0.15, -0.1) is 0 Å². The fourth-order valence-corrected chi connectivity index (χ4v) is 3.68. The molecule has 1 aromatic heterocycles. The van der Waals surface area contributed by atoms with Gasteiger partial charge in [0.25, 0.3) is 0 Å². The molecule has 0 unspecified atom stereocenters. The SMILES string of the molecule is CCc1cc(Nc2nccc(Oc3ccc(NC(=O)OC(C)(C)C)c4ccccc34)n2)cc(C(=O)O)c1. The van der Waals surface area contributed by atoms with Crippen molar-refractivity contribution in [3.8, 4) is 11.6 Å². The zero-order chi connectivity index (χ0) is 26.6. The molecule has 0 aliphatic carbocycles. The quantitative estimate of drug-likeness (QED) is 0.254. The fraction of sp³-hybridized carbons (Fsp3) is 0.214. The van der Waals surface area contributed by atoms with Gasteiger partial charge in [-0.05, 0) is 63.1 Å². The van der Waals surface area contributed by atoms with Crippen molar-refractivity contribution in [3.05, 3.63) is 78.0 Å². The van der Waals surface area contributed by atoms with E-state index in [2.05, 4.69) is 20.6 Å². The van der Waals surface area contributed by atoms with Crippen LogP contribution in [-0.2, 0) is 11.2 Å². The third-order valence-electron chi connectivity index (χ3n) is 5.27. The van der Waals surface area contributed by atoms with E-state index in [1.807, 2.05) is 37.3 Å². The van der Waals surface area contributed by atoms with Crippen LogP contribution in [0.15, 0.2) is 66.9 Å². The third-order valence-corrected chi connectivity index (χ3v) is 5.27. The van der Waals surface area contributed by atoms with E-state index in [1.165, 1.54) is 6.07 Å². The molecule has 3 aromatic carbocycles. The lowest BCUT2D eigenvalue weighted by atomic mass is 10.1. The van der Waals surface area contributed by atoms with Crippen LogP contribution in [0.2, 0.25) is 0 Å². The maximum atomic E-state index is 12.3. The molecule has 1 amide bonds. The number of rotatable bonds is 7. The van der Waals surface area contributed by atoms with E-state index in [0.717, 1.165) is 16.3 Å². The molecule has 0 aliphatic rings. The Labute approximate surface area is 214 Å². The van der Waals surface area contributed by atoms with Gasteiger partial charge in [0.05, 0.1) is 11.3 Å². The first kappa shape index (κ1) is 25.4. The summed E-state index contributed by atoms with van der Waals surface area (Å²) in [4.78, 5) is 32.4. The molecule has 0 aliphatic heterocycles. The summed E-state index contributed by atoms with van der Waals surface area (Å²) in [5.41, 5.74) is 1.60. The van der Waals surface area contributed by atoms with Crippen molar-refractivity contribution in [3.63, 3.8) is 0 Å². The van der Waals surface area contributed by atoms with Crippen molar-refractivity contribution >= 4 is 40.2 Å². The molecule has 190 valence electrons. The molecule has 9 heteroatoms. The van der Waals surface area contributed by atoms with E-state index in [9.17, 15) is 14.7 Å². The number of hydrogen-bond donors (Lipinski definition) is 3. The lowest BCUT2D eigenvalue weighted by Gasteiger charge is -2.20. The summed E-state index contributed by atoms with van der Waals surface area (Å²) in [6.07, 6.45) is 1.69. The Kier molecular flexibility index (Phi) is 7.24. The fourth-order valence-electron chi connectivity index (χ4n) is 3.68. The number of carbonyl (C=O) groups is 2. The Morgan fingerprint density at radius 3 is 2.46 bits per heavy atom. The second-order valence-corrected chi connectivity index (χ2v) is 9.31. The Morgan fingerprint density at radius 2 is 1.76 bits per heavy atom. The van der Waals surface area contributed by atoms with Gasteiger partial charge in [-0.2, -0.15) is 4.98 Å². The van der Waals surface area contributed by atoms with Gasteiger partial charge in [-0.25, -0.2) is 14.6 Å². The Hall–Kier alpha value is -4.66. The molecule has 1 heterocycles.